The Bertz CT molecular complexity index is 474. The van der Waals surface area contributed by atoms with Gasteiger partial charge in [0, 0.05) is 24.8 Å². The molecule has 0 saturated heterocycles. The van der Waals surface area contributed by atoms with Crippen LogP contribution in [0.3, 0.4) is 0 Å². The second-order valence-corrected chi connectivity index (χ2v) is 4.90. The number of carbonyl (C=O) groups is 1. The average molecular weight is 279 g/mol. The van der Waals surface area contributed by atoms with E-state index in [1.54, 1.807) is 7.05 Å². The van der Waals surface area contributed by atoms with Gasteiger partial charge in [0.05, 0.1) is 6.54 Å². The van der Waals surface area contributed by atoms with E-state index in [0.29, 0.717) is 11.5 Å². The van der Waals surface area contributed by atoms with E-state index in [1.807, 2.05) is 25.1 Å². The first kappa shape index (κ1) is 15.4. The molecule has 5 heteroatoms. The maximum Gasteiger partial charge on any atom is 0.239 e. The monoisotopic (exact) mass is 279 g/mol. The Balaban J connectivity index is 3.02. The number of hydrogen-bond acceptors (Lipinski definition) is 3. The topological polar surface area (TPSA) is 58.4 Å². The first-order valence-electron chi connectivity index (χ1n) is 6.35. The third-order valence-corrected chi connectivity index (χ3v) is 3.16. The number of anilines is 1. The molecule has 0 fully saturated rings. The summed E-state index contributed by atoms with van der Waals surface area (Å²) in [6, 6.07) is 5.84. The van der Waals surface area contributed by atoms with Crippen molar-refractivity contribution in [2.45, 2.75) is 20.3 Å². The quantitative estimate of drug-likeness (QED) is 0.777. The molecule has 0 spiro atoms. The molecule has 3 N–H and O–H groups in total. The molecule has 0 aliphatic carbocycles. The van der Waals surface area contributed by atoms with Crippen LogP contribution in [0.25, 0.3) is 0 Å². The van der Waals surface area contributed by atoms with Gasteiger partial charge in [-0.3, -0.25) is 4.79 Å². The number of aryl methyl sites for hydroxylation is 1. The van der Waals surface area contributed by atoms with E-state index in [9.17, 15) is 4.79 Å². The van der Waals surface area contributed by atoms with Gasteiger partial charge in [0.2, 0.25) is 5.91 Å². The SMILES string of the molecule is CCCN(CC(=O)NC)c1ccc(C(N)=S)cc1C. The fourth-order valence-corrected chi connectivity index (χ4v) is 2.10. The molecular formula is C14H21N3OS. The minimum atomic E-state index is 0.00581. The lowest BCUT2D eigenvalue weighted by atomic mass is 10.1. The van der Waals surface area contributed by atoms with Crippen molar-refractivity contribution in [3.05, 3.63) is 29.3 Å². The smallest absolute Gasteiger partial charge is 0.239 e. The Morgan fingerprint density at radius 2 is 2.16 bits per heavy atom. The summed E-state index contributed by atoms with van der Waals surface area (Å²) >= 11 is 4.97. The molecule has 0 heterocycles. The first-order valence-corrected chi connectivity index (χ1v) is 6.76. The highest BCUT2D eigenvalue weighted by molar-refractivity contribution is 7.80. The number of nitrogens with zero attached hydrogens (tertiary/aromatic N) is 1. The number of carbonyl (C=O) groups excluding carboxylic acids is 1. The van der Waals surface area contributed by atoms with Crippen molar-refractivity contribution in [3.63, 3.8) is 0 Å². The van der Waals surface area contributed by atoms with Crippen LogP contribution in [-0.4, -0.2) is 31.0 Å². The van der Waals surface area contributed by atoms with Crippen LogP contribution in [0, 0.1) is 6.92 Å². The molecule has 0 aliphatic rings. The van der Waals surface area contributed by atoms with Gasteiger partial charge in [-0.2, -0.15) is 0 Å². The second-order valence-electron chi connectivity index (χ2n) is 4.46. The maximum atomic E-state index is 11.6. The number of hydrogen-bond donors (Lipinski definition) is 2. The minimum Gasteiger partial charge on any atom is -0.389 e. The lowest BCUT2D eigenvalue weighted by Crippen LogP contribution is -2.36. The molecule has 0 saturated carbocycles. The predicted molar refractivity (Wildman–Crippen MR) is 83.6 cm³/mol. The lowest BCUT2D eigenvalue weighted by molar-refractivity contribution is -0.119. The molecule has 1 aromatic carbocycles. The molecule has 0 aromatic heterocycles. The number of rotatable bonds is 6. The Labute approximate surface area is 120 Å². The number of nitrogens with two attached hydrogens (primary N) is 1. The van der Waals surface area contributed by atoms with Gasteiger partial charge < -0.3 is 16.0 Å². The van der Waals surface area contributed by atoms with E-state index in [-0.39, 0.29) is 5.91 Å². The summed E-state index contributed by atoms with van der Waals surface area (Å²) in [5.74, 6) is 0.00581. The van der Waals surface area contributed by atoms with Gasteiger partial charge in [-0.1, -0.05) is 19.1 Å². The van der Waals surface area contributed by atoms with Gasteiger partial charge in [0.15, 0.2) is 0 Å². The molecule has 4 nitrogen and oxygen atoms in total. The van der Waals surface area contributed by atoms with Crippen LogP contribution in [0.5, 0.6) is 0 Å². The van der Waals surface area contributed by atoms with Gasteiger partial charge in [-0.05, 0) is 37.1 Å². The Hall–Kier alpha value is -1.62. The summed E-state index contributed by atoms with van der Waals surface area (Å²) in [6.45, 7) is 5.29. The zero-order chi connectivity index (χ0) is 14.4. The zero-order valence-electron chi connectivity index (χ0n) is 11.7. The summed E-state index contributed by atoms with van der Waals surface area (Å²) in [4.78, 5) is 14.0. The van der Waals surface area contributed by atoms with E-state index >= 15 is 0 Å². The van der Waals surface area contributed by atoms with Crippen molar-refractivity contribution in [2.24, 2.45) is 5.73 Å². The van der Waals surface area contributed by atoms with Crippen molar-refractivity contribution in [3.8, 4) is 0 Å². The first-order chi connectivity index (χ1) is 8.99. The van der Waals surface area contributed by atoms with Crippen molar-refractivity contribution >= 4 is 28.8 Å². The minimum absolute atomic E-state index is 0.00581. The highest BCUT2D eigenvalue weighted by Crippen LogP contribution is 2.21. The molecule has 0 aliphatic heterocycles. The second kappa shape index (κ2) is 7.09. The summed E-state index contributed by atoms with van der Waals surface area (Å²) in [5.41, 5.74) is 8.60. The van der Waals surface area contributed by atoms with Gasteiger partial charge >= 0.3 is 0 Å². The van der Waals surface area contributed by atoms with E-state index < -0.39 is 0 Å². The highest BCUT2D eigenvalue weighted by Gasteiger charge is 2.12. The van der Waals surface area contributed by atoms with Gasteiger partial charge in [0.25, 0.3) is 0 Å². The van der Waals surface area contributed by atoms with E-state index in [0.717, 1.165) is 29.8 Å². The van der Waals surface area contributed by atoms with Crippen LogP contribution in [0.2, 0.25) is 0 Å². The summed E-state index contributed by atoms with van der Waals surface area (Å²) in [6.07, 6.45) is 0.980. The molecular weight excluding hydrogens is 258 g/mol. The van der Waals surface area contributed by atoms with E-state index in [2.05, 4.69) is 17.1 Å². The predicted octanol–water partition coefficient (Wildman–Crippen LogP) is 1.59. The van der Waals surface area contributed by atoms with Gasteiger partial charge in [-0.15, -0.1) is 0 Å². The molecule has 1 aromatic rings. The molecule has 0 bridgehead atoms. The third kappa shape index (κ3) is 4.21. The standard InChI is InChI=1S/C14H21N3OS/c1-4-7-17(9-13(18)16-3)12-6-5-11(14(15)19)8-10(12)2/h5-6,8H,4,7,9H2,1-3H3,(H2,15,19)(H,16,18). The van der Waals surface area contributed by atoms with E-state index in [4.69, 9.17) is 18.0 Å². The van der Waals surface area contributed by atoms with Crippen LogP contribution in [0.4, 0.5) is 5.69 Å². The Morgan fingerprint density at radius 3 is 2.63 bits per heavy atom. The number of nitrogens with one attached hydrogen (secondary N) is 1. The van der Waals surface area contributed by atoms with Gasteiger partial charge in [0.1, 0.15) is 4.99 Å². The molecule has 19 heavy (non-hydrogen) atoms. The number of thiocarbonyl (C=S) groups is 1. The largest absolute Gasteiger partial charge is 0.389 e. The molecule has 1 amide bonds. The highest BCUT2D eigenvalue weighted by atomic mass is 32.1. The van der Waals surface area contributed by atoms with Crippen LogP contribution in [0.15, 0.2) is 18.2 Å². The third-order valence-electron chi connectivity index (χ3n) is 2.93. The zero-order valence-corrected chi connectivity index (χ0v) is 12.5. The maximum absolute atomic E-state index is 11.6. The fourth-order valence-electron chi connectivity index (χ4n) is 1.97. The van der Waals surface area contributed by atoms with Crippen LogP contribution >= 0.6 is 12.2 Å². The van der Waals surface area contributed by atoms with Crippen LogP contribution in [-0.2, 0) is 4.79 Å². The normalized spacial score (nSPS) is 10.1. The number of benzene rings is 1. The van der Waals surface area contributed by atoms with Crippen molar-refractivity contribution in [2.75, 3.05) is 25.0 Å². The van der Waals surface area contributed by atoms with Crippen molar-refractivity contribution in [1.82, 2.24) is 5.32 Å². The molecule has 0 unspecified atom stereocenters. The summed E-state index contributed by atoms with van der Waals surface area (Å²) in [7, 11) is 1.65. The average Bonchev–Trinajstić information content (AvgIpc) is 2.37. The molecule has 1 rings (SSSR count). The molecule has 0 radical (unpaired) electrons. The Kier molecular flexibility index (Phi) is 5.76. The molecule has 0 atom stereocenters. The summed E-state index contributed by atoms with van der Waals surface area (Å²) < 4.78 is 0. The fraction of sp³-hybridized carbons (Fsp3) is 0.429. The Morgan fingerprint density at radius 1 is 1.47 bits per heavy atom. The van der Waals surface area contributed by atoms with Gasteiger partial charge in [-0.25, -0.2) is 0 Å². The van der Waals surface area contributed by atoms with Crippen molar-refractivity contribution in [1.29, 1.82) is 0 Å². The number of amides is 1. The number of likely N-dealkylation sites (N-methyl/N-ethyl adjacent to an activating group) is 1. The van der Waals surface area contributed by atoms with Crippen LogP contribution < -0.4 is 16.0 Å². The van der Waals surface area contributed by atoms with Crippen molar-refractivity contribution < 1.29 is 4.79 Å². The summed E-state index contributed by atoms with van der Waals surface area (Å²) in [5, 5.41) is 2.65. The molecule has 104 valence electrons. The van der Waals surface area contributed by atoms with E-state index in [1.165, 1.54) is 0 Å². The van der Waals surface area contributed by atoms with Crippen LogP contribution in [0.1, 0.15) is 24.5 Å². The lowest BCUT2D eigenvalue weighted by Gasteiger charge is -2.25.